The summed E-state index contributed by atoms with van der Waals surface area (Å²) in [7, 11) is 2.61. The van der Waals surface area contributed by atoms with Crippen molar-refractivity contribution in [1.82, 2.24) is 29.2 Å². The van der Waals surface area contributed by atoms with Crippen molar-refractivity contribution in [1.29, 1.82) is 0 Å². The van der Waals surface area contributed by atoms with E-state index < -0.39 is 11.9 Å². The summed E-state index contributed by atoms with van der Waals surface area (Å²) in [6.07, 6.45) is 0.711. The lowest BCUT2D eigenvalue weighted by Crippen LogP contribution is -2.05. The van der Waals surface area contributed by atoms with Crippen LogP contribution in [0.25, 0.3) is 11.3 Å². The lowest BCUT2D eigenvalue weighted by molar-refractivity contribution is 0.0592. The predicted molar refractivity (Wildman–Crippen MR) is 196 cm³/mol. The number of aromatic nitrogens is 6. The fourth-order valence-corrected chi connectivity index (χ4v) is 6.74. The Kier molecular flexibility index (Phi) is 11.5. The van der Waals surface area contributed by atoms with Crippen LogP contribution in [0.5, 0.6) is 0 Å². The van der Waals surface area contributed by atoms with E-state index in [4.69, 9.17) is 79.1 Å². The number of fused-ring (bicyclic) bond motifs is 2. The fraction of sp³-hybridized carbons (Fsp3) is 0.235. The first-order valence-corrected chi connectivity index (χ1v) is 17.1. The Hall–Kier alpha value is -3.64. The van der Waals surface area contributed by atoms with E-state index in [1.807, 2.05) is 33.8 Å². The minimum atomic E-state index is -0.515. The van der Waals surface area contributed by atoms with Crippen molar-refractivity contribution in [2.45, 2.75) is 40.5 Å². The monoisotopic (exact) mass is 794 g/mol. The van der Waals surface area contributed by atoms with Gasteiger partial charge in [0, 0.05) is 22.9 Å². The van der Waals surface area contributed by atoms with Crippen molar-refractivity contribution in [3.05, 3.63) is 123 Å². The molecule has 6 aromatic rings. The van der Waals surface area contributed by atoms with Gasteiger partial charge in [0.25, 0.3) is 0 Å². The van der Waals surface area contributed by atoms with Crippen molar-refractivity contribution in [2.24, 2.45) is 0 Å². The summed E-state index contributed by atoms with van der Waals surface area (Å²) >= 11 is 37.5. The minimum Gasteiger partial charge on any atom is -0.465 e. The second-order valence-corrected chi connectivity index (χ2v) is 13.5. The quantitative estimate of drug-likeness (QED) is 0.153. The number of imidazole rings is 2. The van der Waals surface area contributed by atoms with Gasteiger partial charge in [0.1, 0.15) is 5.15 Å². The van der Waals surface area contributed by atoms with E-state index in [0.717, 1.165) is 33.9 Å². The van der Waals surface area contributed by atoms with E-state index in [2.05, 4.69) is 20.2 Å². The summed E-state index contributed by atoms with van der Waals surface area (Å²) in [5.74, 6) is -1.03. The number of ether oxygens (including phenoxy) is 2. The van der Waals surface area contributed by atoms with Gasteiger partial charge >= 0.3 is 11.9 Å². The van der Waals surface area contributed by atoms with Crippen molar-refractivity contribution in [3.63, 3.8) is 0 Å². The molecule has 0 radical (unpaired) electrons. The molecule has 0 unspecified atom stereocenters. The van der Waals surface area contributed by atoms with Crippen LogP contribution in [-0.4, -0.2) is 55.4 Å². The zero-order chi connectivity index (χ0) is 36.6. The van der Waals surface area contributed by atoms with Crippen molar-refractivity contribution >= 4 is 92.8 Å². The van der Waals surface area contributed by atoms with E-state index in [-0.39, 0.29) is 21.2 Å². The molecule has 0 fully saturated rings. The molecule has 0 bridgehead atoms. The van der Waals surface area contributed by atoms with Gasteiger partial charge in [-0.05, 0) is 86.3 Å². The summed E-state index contributed by atoms with van der Waals surface area (Å²) in [4.78, 5) is 32.9. The minimum absolute atomic E-state index is 0.262. The molecule has 0 N–H and O–H groups in total. The first-order chi connectivity index (χ1) is 23.7. The largest absolute Gasteiger partial charge is 0.465 e. The van der Waals surface area contributed by atoms with E-state index >= 15 is 0 Å². The Bertz CT molecular complexity index is 2320. The first kappa shape index (κ1) is 37.6. The number of carbonyl (C=O) groups excluding carboxylic acids is 2. The molecule has 10 nitrogen and oxygen atoms in total. The van der Waals surface area contributed by atoms with Gasteiger partial charge in [0.15, 0.2) is 16.4 Å². The van der Waals surface area contributed by atoms with E-state index in [0.29, 0.717) is 55.6 Å². The number of methoxy groups -OCH3 is 2. The molecule has 4 aromatic heterocycles. The molecule has 0 saturated heterocycles. The molecular weight excluding hydrogens is 769 g/mol. The van der Waals surface area contributed by atoms with Crippen LogP contribution in [0.1, 0.15) is 65.7 Å². The maximum atomic E-state index is 11.8. The Morgan fingerprint density at radius 2 is 1.16 bits per heavy atom. The van der Waals surface area contributed by atoms with Crippen LogP contribution >= 0.6 is 69.6 Å². The second-order valence-electron chi connectivity index (χ2n) is 11.2. The Balaban J connectivity index is 0.000000194. The second kappa shape index (κ2) is 15.3. The highest BCUT2D eigenvalue weighted by atomic mass is 35.5. The summed E-state index contributed by atoms with van der Waals surface area (Å²) in [5.41, 5.74) is 8.07. The van der Waals surface area contributed by atoms with Crippen LogP contribution in [0.15, 0.2) is 36.4 Å². The standard InChI is InChI=1S/2C17H14Cl3N3O2/c1-8-6-14-21-13(9(2)23(14)22-16(8)20)7-11-12(18)5-4-10(15(11)19)17(24)25-3;1-8-6-14(19)22-23-9(2)13(21-16(8)23)7-11-12(18)5-4-10(15(11)20)17(24)25-3/h2*4-6H,7H2,1-3H3. The molecule has 0 atom stereocenters. The molecule has 16 heteroatoms. The van der Waals surface area contributed by atoms with Crippen molar-refractivity contribution in [2.75, 3.05) is 14.2 Å². The Morgan fingerprint density at radius 3 is 1.68 bits per heavy atom. The summed E-state index contributed by atoms with van der Waals surface area (Å²) in [5, 5.41) is 10.8. The van der Waals surface area contributed by atoms with Crippen LogP contribution in [0.2, 0.25) is 30.4 Å². The first-order valence-electron chi connectivity index (χ1n) is 14.8. The lowest BCUT2D eigenvalue weighted by atomic mass is 10.0. The van der Waals surface area contributed by atoms with Gasteiger partial charge in [-0.3, -0.25) is 0 Å². The maximum absolute atomic E-state index is 11.8. The van der Waals surface area contributed by atoms with Crippen LogP contribution in [0.4, 0.5) is 0 Å². The molecule has 4 heterocycles. The molecule has 0 amide bonds. The molecule has 6 rings (SSSR count). The van der Waals surface area contributed by atoms with Crippen LogP contribution in [-0.2, 0) is 22.3 Å². The molecule has 0 aliphatic heterocycles. The third kappa shape index (κ3) is 7.37. The zero-order valence-electron chi connectivity index (χ0n) is 27.5. The normalized spacial score (nSPS) is 11.1. The number of benzene rings is 2. The van der Waals surface area contributed by atoms with Crippen LogP contribution < -0.4 is 0 Å². The highest BCUT2D eigenvalue weighted by Crippen LogP contribution is 2.33. The lowest BCUT2D eigenvalue weighted by Gasteiger charge is -2.10. The average molecular weight is 797 g/mol. The number of carbonyl (C=O) groups is 2. The molecule has 0 saturated carbocycles. The van der Waals surface area contributed by atoms with E-state index in [9.17, 15) is 9.59 Å². The third-order valence-electron chi connectivity index (χ3n) is 7.99. The maximum Gasteiger partial charge on any atom is 0.339 e. The van der Waals surface area contributed by atoms with E-state index in [1.54, 1.807) is 39.4 Å². The molecular formula is C34H28Cl6N6O4. The SMILES string of the molecule is COC(=O)c1ccc(Cl)c(Cc2nc3c(C)cc(Cl)nn3c2C)c1Cl.COC(=O)c1ccc(Cl)c(Cc2nc3cc(C)c(Cl)nn3c2C)c1Cl. The zero-order valence-corrected chi connectivity index (χ0v) is 32.0. The number of hydrogen-bond donors (Lipinski definition) is 0. The number of esters is 2. The van der Waals surface area contributed by atoms with Gasteiger partial charge in [-0.2, -0.15) is 10.2 Å². The predicted octanol–water partition coefficient (Wildman–Crippen LogP) is 9.37. The third-order valence-corrected chi connectivity index (χ3v) is 10.1. The van der Waals surface area contributed by atoms with Crippen LogP contribution in [0.3, 0.4) is 0 Å². The van der Waals surface area contributed by atoms with Gasteiger partial charge < -0.3 is 9.47 Å². The molecule has 50 heavy (non-hydrogen) atoms. The van der Waals surface area contributed by atoms with E-state index in [1.165, 1.54) is 14.2 Å². The fourth-order valence-electron chi connectivity index (χ4n) is 5.21. The molecule has 0 aliphatic rings. The average Bonchev–Trinajstić information content (AvgIpc) is 3.55. The van der Waals surface area contributed by atoms with Gasteiger partial charge in [-0.1, -0.05) is 69.6 Å². The van der Waals surface area contributed by atoms with Crippen molar-refractivity contribution in [3.8, 4) is 0 Å². The van der Waals surface area contributed by atoms with Gasteiger partial charge in [-0.25, -0.2) is 28.6 Å². The number of nitrogens with zero attached hydrogens (tertiary/aromatic N) is 6. The highest BCUT2D eigenvalue weighted by molar-refractivity contribution is 6.38. The highest BCUT2D eigenvalue weighted by Gasteiger charge is 2.22. The topological polar surface area (TPSA) is 113 Å². The summed E-state index contributed by atoms with van der Waals surface area (Å²) < 4.78 is 12.9. The molecule has 2 aromatic carbocycles. The summed E-state index contributed by atoms with van der Waals surface area (Å²) in [6.45, 7) is 7.56. The number of aryl methyl sites for hydroxylation is 4. The Labute approximate surface area is 317 Å². The number of halogens is 6. The molecule has 0 spiro atoms. The Morgan fingerprint density at radius 1 is 0.660 bits per heavy atom. The number of rotatable bonds is 6. The van der Waals surface area contributed by atoms with Crippen molar-refractivity contribution < 1.29 is 19.1 Å². The van der Waals surface area contributed by atoms with Gasteiger partial charge in [0.2, 0.25) is 0 Å². The van der Waals surface area contributed by atoms with Crippen LogP contribution in [0, 0.1) is 27.7 Å². The molecule has 0 aliphatic carbocycles. The number of hydrogen-bond acceptors (Lipinski definition) is 8. The summed E-state index contributed by atoms with van der Waals surface area (Å²) in [6, 6.07) is 9.95. The smallest absolute Gasteiger partial charge is 0.339 e. The van der Waals surface area contributed by atoms with Gasteiger partial charge in [0.05, 0.1) is 58.2 Å². The van der Waals surface area contributed by atoms with Gasteiger partial charge in [-0.15, -0.1) is 0 Å². The molecule has 260 valence electrons.